The summed E-state index contributed by atoms with van der Waals surface area (Å²) in [6.07, 6.45) is 8.49. The largest absolute Gasteiger partial charge is 0.342 e. The molecular formula is C12H13N3O. The monoisotopic (exact) mass is 215 g/mol. The molecule has 0 aliphatic carbocycles. The van der Waals surface area contributed by atoms with Crippen LogP contribution in [0.15, 0.2) is 30.7 Å². The van der Waals surface area contributed by atoms with Crippen LogP contribution in [-0.2, 0) is 11.2 Å². The number of aromatic amines is 1. The maximum absolute atomic E-state index is 10.2. The lowest BCUT2D eigenvalue weighted by Crippen LogP contribution is -1.88. The molecule has 0 amide bonds. The second-order valence-corrected chi connectivity index (χ2v) is 3.54. The molecule has 16 heavy (non-hydrogen) atoms. The number of rotatable bonds is 5. The van der Waals surface area contributed by atoms with Gasteiger partial charge in [0, 0.05) is 30.8 Å². The standard InChI is InChI=1S/C12H13N3O/c16-8-2-1-3-12-14-9-11(15-12)10-4-6-13-7-5-10/h4-9H,1-3H2,(H,14,15). The Kier molecular flexibility index (Phi) is 3.43. The number of nitrogens with one attached hydrogen (secondary N) is 1. The Bertz CT molecular complexity index is 450. The molecule has 0 fully saturated rings. The zero-order chi connectivity index (χ0) is 11.2. The van der Waals surface area contributed by atoms with Crippen molar-refractivity contribution in [2.75, 3.05) is 0 Å². The average Bonchev–Trinajstić information content (AvgIpc) is 2.79. The summed E-state index contributed by atoms with van der Waals surface area (Å²) in [6.45, 7) is 0. The molecule has 82 valence electrons. The smallest absolute Gasteiger partial charge is 0.120 e. The summed E-state index contributed by atoms with van der Waals surface area (Å²) in [5, 5.41) is 0. The molecule has 0 atom stereocenters. The van der Waals surface area contributed by atoms with Crippen molar-refractivity contribution in [2.45, 2.75) is 19.3 Å². The van der Waals surface area contributed by atoms with Crippen LogP contribution in [0.2, 0.25) is 0 Å². The van der Waals surface area contributed by atoms with Crippen molar-refractivity contribution in [2.24, 2.45) is 0 Å². The summed E-state index contributed by atoms with van der Waals surface area (Å²) < 4.78 is 0. The quantitative estimate of drug-likeness (QED) is 0.613. The lowest BCUT2D eigenvalue weighted by Gasteiger charge is -1.95. The molecule has 0 bridgehead atoms. The van der Waals surface area contributed by atoms with E-state index in [2.05, 4.69) is 15.0 Å². The minimum Gasteiger partial charge on any atom is -0.342 e. The van der Waals surface area contributed by atoms with Crippen molar-refractivity contribution < 1.29 is 4.79 Å². The number of aldehydes is 1. The van der Waals surface area contributed by atoms with Crippen LogP contribution >= 0.6 is 0 Å². The van der Waals surface area contributed by atoms with Crippen LogP contribution in [0.25, 0.3) is 11.3 Å². The van der Waals surface area contributed by atoms with Crippen LogP contribution in [0.4, 0.5) is 0 Å². The van der Waals surface area contributed by atoms with Crippen molar-refractivity contribution in [1.29, 1.82) is 0 Å². The highest BCUT2D eigenvalue weighted by atomic mass is 16.1. The zero-order valence-corrected chi connectivity index (χ0v) is 8.89. The van der Waals surface area contributed by atoms with Crippen LogP contribution in [0.1, 0.15) is 18.7 Å². The second kappa shape index (κ2) is 5.21. The van der Waals surface area contributed by atoms with E-state index >= 15 is 0 Å². The topological polar surface area (TPSA) is 58.6 Å². The van der Waals surface area contributed by atoms with E-state index < -0.39 is 0 Å². The highest BCUT2D eigenvalue weighted by molar-refractivity contribution is 5.57. The SMILES string of the molecule is O=CCCCc1ncc(-c2ccncc2)[nH]1. The third-order valence-electron chi connectivity index (χ3n) is 2.36. The van der Waals surface area contributed by atoms with E-state index in [1.54, 1.807) is 12.4 Å². The van der Waals surface area contributed by atoms with Crippen LogP contribution in [0, 0.1) is 0 Å². The Labute approximate surface area is 93.8 Å². The van der Waals surface area contributed by atoms with E-state index in [0.29, 0.717) is 6.42 Å². The minimum atomic E-state index is 0.589. The van der Waals surface area contributed by atoms with E-state index in [9.17, 15) is 4.79 Å². The molecular weight excluding hydrogens is 202 g/mol. The summed E-state index contributed by atoms with van der Waals surface area (Å²) in [4.78, 5) is 21.7. The number of carbonyl (C=O) groups excluding carboxylic acids is 1. The molecule has 0 unspecified atom stereocenters. The van der Waals surface area contributed by atoms with Crippen molar-refractivity contribution in [1.82, 2.24) is 15.0 Å². The summed E-state index contributed by atoms with van der Waals surface area (Å²) in [5.41, 5.74) is 2.06. The molecule has 2 heterocycles. The van der Waals surface area contributed by atoms with Gasteiger partial charge >= 0.3 is 0 Å². The number of nitrogens with zero attached hydrogens (tertiary/aromatic N) is 2. The number of hydrogen-bond donors (Lipinski definition) is 1. The van der Waals surface area contributed by atoms with E-state index in [-0.39, 0.29) is 0 Å². The molecule has 4 nitrogen and oxygen atoms in total. The van der Waals surface area contributed by atoms with Gasteiger partial charge in [-0.3, -0.25) is 4.98 Å². The average molecular weight is 215 g/mol. The van der Waals surface area contributed by atoms with E-state index in [1.165, 1.54) is 0 Å². The fraction of sp³-hybridized carbons (Fsp3) is 0.250. The first kappa shape index (κ1) is 10.5. The zero-order valence-electron chi connectivity index (χ0n) is 8.89. The van der Waals surface area contributed by atoms with Crippen molar-refractivity contribution in [3.8, 4) is 11.3 Å². The maximum Gasteiger partial charge on any atom is 0.120 e. The van der Waals surface area contributed by atoms with Crippen LogP contribution in [-0.4, -0.2) is 21.2 Å². The highest BCUT2D eigenvalue weighted by Gasteiger charge is 2.02. The Morgan fingerprint density at radius 3 is 2.88 bits per heavy atom. The number of hydrogen-bond acceptors (Lipinski definition) is 3. The maximum atomic E-state index is 10.2. The van der Waals surface area contributed by atoms with E-state index in [0.717, 1.165) is 36.2 Å². The van der Waals surface area contributed by atoms with E-state index in [4.69, 9.17) is 0 Å². The summed E-state index contributed by atoms with van der Waals surface area (Å²) in [5.74, 6) is 0.925. The molecule has 2 aromatic rings. The van der Waals surface area contributed by atoms with Gasteiger partial charge in [-0.25, -0.2) is 4.98 Å². The predicted octanol–water partition coefficient (Wildman–Crippen LogP) is 1.99. The summed E-state index contributed by atoms with van der Waals surface area (Å²) >= 11 is 0. The number of imidazole rings is 1. The number of unbranched alkanes of at least 4 members (excludes halogenated alkanes) is 1. The molecule has 4 heteroatoms. The normalized spacial score (nSPS) is 10.2. The molecule has 0 spiro atoms. The number of H-pyrrole nitrogens is 1. The van der Waals surface area contributed by atoms with E-state index in [1.807, 2.05) is 18.3 Å². The molecule has 1 N–H and O–H groups in total. The third-order valence-corrected chi connectivity index (χ3v) is 2.36. The van der Waals surface area contributed by atoms with Gasteiger partial charge in [-0.15, -0.1) is 0 Å². The lowest BCUT2D eigenvalue weighted by molar-refractivity contribution is -0.107. The second-order valence-electron chi connectivity index (χ2n) is 3.54. The van der Waals surface area contributed by atoms with Gasteiger partial charge < -0.3 is 9.78 Å². The number of aromatic nitrogens is 3. The van der Waals surface area contributed by atoms with Gasteiger partial charge in [0.1, 0.15) is 12.1 Å². The molecule has 2 aromatic heterocycles. The van der Waals surface area contributed by atoms with Crippen molar-refractivity contribution in [3.63, 3.8) is 0 Å². The van der Waals surface area contributed by atoms with Gasteiger partial charge in [-0.05, 0) is 18.6 Å². The molecule has 0 aromatic carbocycles. The van der Waals surface area contributed by atoms with Crippen LogP contribution in [0.3, 0.4) is 0 Å². The van der Waals surface area contributed by atoms with Gasteiger partial charge in [-0.1, -0.05) is 0 Å². The van der Waals surface area contributed by atoms with Gasteiger partial charge in [-0.2, -0.15) is 0 Å². The van der Waals surface area contributed by atoms with Crippen LogP contribution < -0.4 is 0 Å². The number of carbonyl (C=O) groups is 1. The van der Waals surface area contributed by atoms with Crippen LogP contribution in [0.5, 0.6) is 0 Å². The van der Waals surface area contributed by atoms with Gasteiger partial charge in [0.2, 0.25) is 0 Å². The molecule has 0 aliphatic rings. The van der Waals surface area contributed by atoms with Crippen molar-refractivity contribution in [3.05, 3.63) is 36.5 Å². The first-order valence-electron chi connectivity index (χ1n) is 5.28. The summed E-state index contributed by atoms with van der Waals surface area (Å²) in [7, 11) is 0. The van der Waals surface area contributed by atoms with Gasteiger partial charge in [0.05, 0.1) is 11.9 Å². The molecule has 2 rings (SSSR count). The minimum absolute atomic E-state index is 0.589. The Morgan fingerprint density at radius 1 is 1.31 bits per heavy atom. The highest BCUT2D eigenvalue weighted by Crippen LogP contribution is 2.15. The first-order chi connectivity index (χ1) is 7.90. The van der Waals surface area contributed by atoms with Gasteiger partial charge in [0.15, 0.2) is 0 Å². The fourth-order valence-corrected chi connectivity index (χ4v) is 1.52. The molecule has 0 radical (unpaired) electrons. The Hall–Kier alpha value is -1.97. The Morgan fingerprint density at radius 2 is 2.12 bits per heavy atom. The first-order valence-corrected chi connectivity index (χ1v) is 5.28. The third kappa shape index (κ3) is 2.53. The Balaban J connectivity index is 2.05. The lowest BCUT2D eigenvalue weighted by atomic mass is 10.2. The molecule has 0 aliphatic heterocycles. The number of aryl methyl sites for hydroxylation is 1. The molecule has 0 saturated heterocycles. The van der Waals surface area contributed by atoms with Crippen molar-refractivity contribution >= 4 is 6.29 Å². The summed E-state index contributed by atoms with van der Waals surface area (Å²) in [6, 6.07) is 3.87. The van der Waals surface area contributed by atoms with Gasteiger partial charge in [0.25, 0.3) is 0 Å². The number of pyridine rings is 1. The fourth-order valence-electron chi connectivity index (χ4n) is 1.52. The molecule has 0 saturated carbocycles. The predicted molar refractivity (Wildman–Crippen MR) is 60.8 cm³/mol.